The molecule has 2 N–H and O–H groups in total. The van der Waals surface area contributed by atoms with Crippen LogP contribution in [0.5, 0.6) is 5.75 Å². The van der Waals surface area contributed by atoms with Gasteiger partial charge in [-0.15, -0.1) is 0 Å². The van der Waals surface area contributed by atoms with Gasteiger partial charge in [-0.3, -0.25) is 14.5 Å². The molecule has 1 spiro atoms. The highest BCUT2D eigenvalue weighted by Gasteiger charge is 2.40. The standard InChI is InChI=1S/C31H33ClFN5O4/c32-23-15-21(7-8-24(23)33)36-30-22-16-26(27(41-18-20-5-6-20)17-25(22)34-19-35-30)37-28(39)3-2-12-38-13-10-31(11-14-38)9-1-4-29(40)42-31/h2-3,7-8,15-17,19-20H,1,4-6,9-14,18H2,(H,37,39)(H,34,35,36). The average Bonchev–Trinajstić information content (AvgIpc) is 3.80. The first kappa shape index (κ1) is 28.4. The van der Waals surface area contributed by atoms with Gasteiger partial charge in [0.05, 0.1) is 22.8 Å². The number of hydrogen-bond acceptors (Lipinski definition) is 8. The molecule has 11 heteroatoms. The number of piperidine rings is 1. The van der Waals surface area contributed by atoms with Crippen LogP contribution in [0.3, 0.4) is 0 Å². The summed E-state index contributed by atoms with van der Waals surface area (Å²) in [6.07, 6.45) is 11.1. The van der Waals surface area contributed by atoms with Gasteiger partial charge in [-0.05, 0) is 68.7 Å². The summed E-state index contributed by atoms with van der Waals surface area (Å²) in [6.45, 7) is 2.83. The molecular weight excluding hydrogens is 561 g/mol. The number of carbonyl (C=O) groups is 2. The first-order valence-corrected chi connectivity index (χ1v) is 14.8. The Morgan fingerprint density at radius 1 is 1.19 bits per heavy atom. The molecule has 0 unspecified atom stereocenters. The molecule has 3 fully saturated rings. The third-order valence-electron chi connectivity index (χ3n) is 8.09. The van der Waals surface area contributed by atoms with E-state index < -0.39 is 5.82 Å². The minimum Gasteiger partial charge on any atom is -0.491 e. The van der Waals surface area contributed by atoms with Gasteiger partial charge >= 0.3 is 5.97 Å². The van der Waals surface area contributed by atoms with Crippen molar-refractivity contribution in [1.82, 2.24) is 14.9 Å². The van der Waals surface area contributed by atoms with Crippen LogP contribution < -0.4 is 15.4 Å². The Morgan fingerprint density at radius 3 is 2.79 bits per heavy atom. The average molecular weight is 594 g/mol. The van der Waals surface area contributed by atoms with Crippen LogP contribution in [0.4, 0.5) is 21.6 Å². The summed E-state index contributed by atoms with van der Waals surface area (Å²) in [6, 6.07) is 7.91. The molecule has 2 aliphatic heterocycles. The zero-order chi connectivity index (χ0) is 29.1. The molecule has 0 bridgehead atoms. The number of likely N-dealkylation sites (tertiary alicyclic amines) is 1. The van der Waals surface area contributed by atoms with Gasteiger partial charge in [0, 0.05) is 49.3 Å². The van der Waals surface area contributed by atoms with Crippen molar-refractivity contribution in [2.24, 2.45) is 5.92 Å². The van der Waals surface area contributed by atoms with E-state index in [-0.39, 0.29) is 22.5 Å². The SMILES string of the molecule is O=C(C=CCN1CCC2(CCCC(=O)O2)CC1)Nc1cc2c(Nc3ccc(F)c(Cl)c3)ncnc2cc1OCC1CC1. The highest BCUT2D eigenvalue weighted by Crippen LogP contribution is 2.37. The number of halogens is 2. The van der Waals surface area contributed by atoms with Crippen molar-refractivity contribution in [2.75, 3.05) is 36.9 Å². The Morgan fingerprint density at radius 2 is 2.02 bits per heavy atom. The quantitative estimate of drug-likeness (QED) is 0.229. The monoisotopic (exact) mass is 593 g/mol. The lowest BCUT2D eigenvalue weighted by atomic mass is 9.84. The summed E-state index contributed by atoms with van der Waals surface area (Å²) in [5.41, 5.74) is 1.40. The van der Waals surface area contributed by atoms with Gasteiger partial charge in [-0.2, -0.15) is 0 Å². The van der Waals surface area contributed by atoms with Crippen molar-refractivity contribution in [2.45, 2.75) is 50.5 Å². The number of ether oxygens (including phenoxy) is 2. The molecule has 0 radical (unpaired) electrons. The molecular formula is C31H33ClFN5O4. The normalized spacial score (nSPS) is 18.8. The minimum atomic E-state index is -0.510. The van der Waals surface area contributed by atoms with E-state index in [1.54, 1.807) is 18.2 Å². The summed E-state index contributed by atoms with van der Waals surface area (Å²) >= 11 is 5.96. The van der Waals surface area contributed by atoms with Crippen molar-refractivity contribution in [1.29, 1.82) is 0 Å². The summed E-state index contributed by atoms with van der Waals surface area (Å²) < 4.78 is 25.5. The van der Waals surface area contributed by atoms with Crippen LogP contribution in [0.15, 0.2) is 48.8 Å². The lowest BCUT2D eigenvalue weighted by molar-refractivity contribution is -0.173. The van der Waals surface area contributed by atoms with E-state index in [0.717, 1.165) is 51.6 Å². The molecule has 2 aromatic carbocycles. The van der Waals surface area contributed by atoms with E-state index in [0.29, 0.717) is 59.3 Å². The highest BCUT2D eigenvalue weighted by molar-refractivity contribution is 6.31. The number of nitrogens with zero attached hydrogens (tertiary/aromatic N) is 3. The Kier molecular flexibility index (Phi) is 8.26. The largest absolute Gasteiger partial charge is 0.491 e. The summed E-state index contributed by atoms with van der Waals surface area (Å²) in [4.78, 5) is 35.8. The molecule has 220 valence electrons. The summed E-state index contributed by atoms with van der Waals surface area (Å²) in [5.74, 6) is 0.662. The predicted molar refractivity (Wildman–Crippen MR) is 159 cm³/mol. The molecule has 1 saturated carbocycles. The molecule has 3 heterocycles. The number of nitrogens with one attached hydrogen (secondary N) is 2. The van der Waals surface area contributed by atoms with Crippen LogP contribution in [-0.2, 0) is 14.3 Å². The lowest BCUT2D eigenvalue weighted by Crippen LogP contribution is -2.48. The maximum Gasteiger partial charge on any atom is 0.306 e. The second-order valence-corrected chi connectivity index (χ2v) is 11.7. The maximum atomic E-state index is 13.7. The van der Waals surface area contributed by atoms with E-state index in [1.165, 1.54) is 24.5 Å². The number of anilines is 3. The molecule has 9 nitrogen and oxygen atoms in total. The number of carbonyl (C=O) groups excluding carboxylic acids is 2. The van der Waals surface area contributed by atoms with Gasteiger partial charge in [-0.25, -0.2) is 14.4 Å². The molecule has 3 aliphatic rings. The van der Waals surface area contributed by atoms with E-state index >= 15 is 0 Å². The molecule has 1 aromatic heterocycles. The van der Waals surface area contributed by atoms with Crippen LogP contribution >= 0.6 is 11.6 Å². The van der Waals surface area contributed by atoms with Crippen LogP contribution in [0.2, 0.25) is 5.02 Å². The van der Waals surface area contributed by atoms with Crippen molar-refractivity contribution >= 4 is 51.6 Å². The Balaban J connectivity index is 1.14. The van der Waals surface area contributed by atoms with Crippen LogP contribution in [0.25, 0.3) is 10.9 Å². The van der Waals surface area contributed by atoms with Gasteiger partial charge < -0.3 is 20.1 Å². The van der Waals surface area contributed by atoms with E-state index in [4.69, 9.17) is 21.1 Å². The second kappa shape index (κ2) is 12.2. The fourth-order valence-electron chi connectivity index (χ4n) is 5.48. The van der Waals surface area contributed by atoms with Gasteiger partial charge in [0.1, 0.15) is 29.3 Å². The van der Waals surface area contributed by atoms with Gasteiger partial charge in [0.25, 0.3) is 0 Å². The van der Waals surface area contributed by atoms with Crippen LogP contribution in [-0.4, -0.2) is 58.6 Å². The molecule has 3 aromatic rings. The van der Waals surface area contributed by atoms with Crippen LogP contribution in [0.1, 0.15) is 44.9 Å². The molecule has 2 saturated heterocycles. The predicted octanol–water partition coefficient (Wildman–Crippen LogP) is 6.01. The molecule has 1 amide bonds. The summed E-state index contributed by atoms with van der Waals surface area (Å²) in [7, 11) is 0. The van der Waals surface area contributed by atoms with Crippen LogP contribution in [0, 0.1) is 11.7 Å². The van der Waals surface area contributed by atoms with Crippen molar-refractivity contribution in [3.8, 4) is 5.75 Å². The van der Waals surface area contributed by atoms with Gasteiger partial charge in [0.15, 0.2) is 0 Å². The maximum absolute atomic E-state index is 13.7. The molecule has 0 atom stereocenters. The minimum absolute atomic E-state index is 0.00431. The Hall–Kier alpha value is -3.76. The van der Waals surface area contributed by atoms with Gasteiger partial charge in [-0.1, -0.05) is 17.7 Å². The van der Waals surface area contributed by atoms with E-state index in [9.17, 15) is 14.0 Å². The number of hydrogen-bond donors (Lipinski definition) is 2. The zero-order valence-electron chi connectivity index (χ0n) is 23.2. The highest BCUT2D eigenvalue weighted by atomic mass is 35.5. The second-order valence-electron chi connectivity index (χ2n) is 11.3. The van der Waals surface area contributed by atoms with Gasteiger partial charge in [0.2, 0.25) is 5.91 Å². The number of rotatable bonds is 9. The molecule has 1 aliphatic carbocycles. The number of amides is 1. The lowest BCUT2D eigenvalue weighted by Gasteiger charge is -2.43. The number of esters is 1. The third-order valence-corrected chi connectivity index (χ3v) is 8.38. The zero-order valence-corrected chi connectivity index (χ0v) is 24.0. The fourth-order valence-corrected chi connectivity index (χ4v) is 5.66. The molecule has 6 rings (SSSR count). The smallest absolute Gasteiger partial charge is 0.306 e. The first-order valence-electron chi connectivity index (χ1n) is 14.4. The Labute approximate surface area is 248 Å². The number of fused-ring (bicyclic) bond motifs is 1. The van der Waals surface area contributed by atoms with E-state index in [1.807, 2.05) is 6.08 Å². The fraction of sp³-hybridized carbons (Fsp3) is 0.419. The third kappa shape index (κ3) is 6.82. The first-order chi connectivity index (χ1) is 20.4. The van der Waals surface area contributed by atoms with Crippen molar-refractivity contribution in [3.05, 3.63) is 59.7 Å². The topological polar surface area (TPSA) is 106 Å². The number of benzene rings is 2. The van der Waals surface area contributed by atoms with Crippen molar-refractivity contribution < 1.29 is 23.5 Å². The summed E-state index contributed by atoms with van der Waals surface area (Å²) in [5, 5.41) is 6.78. The number of aromatic nitrogens is 2. The molecule has 42 heavy (non-hydrogen) atoms. The van der Waals surface area contributed by atoms with Crippen molar-refractivity contribution in [3.63, 3.8) is 0 Å². The van der Waals surface area contributed by atoms with E-state index in [2.05, 4.69) is 25.5 Å². The Bertz CT molecular complexity index is 1520.